The van der Waals surface area contributed by atoms with E-state index in [1.54, 1.807) is 9.80 Å². The molecule has 222 valence electrons. The van der Waals surface area contributed by atoms with Gasteiger partial charge in [-0.2, -0.15) is 21.6 Å². The predicted molar refractivity (Wildman–Crippen MR) is 138 cm³/mol. The van der Waals surface area contributed by atoms with Crippen molar-refractivity contribution in [3.8, 4) is 0 Å². The number of halogens is 6. The molecule has 1 fully saturated rings. The molecule has 3 rings (SSSR count). The molecule has 0 aliphatic carbocycles. The molecule has 0 radical (unpaired) electrons. The smallest absolute Gasteiger partial charge is 0.377 e. The molecule has 40 heavy (non-hydrogen) atoms. The third-order valence-electron chi connectivity index (χ3n) is 6.21. The second-order valence-corrected chi connectivity index (χ2v) is 10.7. The van der Waals surface area contributed by atoms with Gasteiger partial charge in [-0.25, -0.2) is 13.1 Å². The van der Waals surface area contributed by atoms with Crippen LogP contribution >= 0.6 is 11.6 Å². The first-order valence-corrected chi connectivity index (χ1v) is 13.6. The van der Waals surface area contributed by atoms with Crippen molar-refractivity contribution < 1.29 is 44.8 Å². The van der Waals surface area contributed by atoms with Gasteiger partial charge in [-0.3, -0.25) is 9.45 Å². The third-order valence-corrected chi connectivity index (χ3v) is 7.30. The maximum atomic E-state index is 15.3. The first kappa shape index (κ1) is 31.9. The molecule has 5 N–H and O–H groups in total. The van der Waals surface area contributed by atoms with Crippen LogP contribution in [0.25, 0.3) is 0 Å². The van der Waals surface area contributed by atoms with Gasteiger partial charge >= 0.3 is 16.5 Å². The summed E-state index contributed by atoms with van der Waals surface area (Å²) in [6.07, 6.45) is -6.66. The lowest BCUT2D eigenvalue weighted by molar-refractivity contribution is -0.138. The number of benzene rings is 2. The van der Waals surface area contributed by atoms with E-state index in [1.807, 2.05) is 0 Å². The van der Waals surface area contributed by atoms with E-state index in [4.69, 9.17) is 17.3 Å². The van der Waals surface area contributed by atoms with Crippen LogP contribution in [0.15, 0.2) is 30.3 Å². The zero-order valence-corrected chi connectivity index (χ0v) is 22.4. The second-order valence-electron chi connectivity index (χ2n) is 8.97. The van der Waals surface area contributed by atoms with Crippen molar-refractivity contribution in [2.75, 3.05) is 41.9 Å². The second kappa shape index (κ2) is 12.9. The van der Waals surface area contributed by atoms with Gasteiger partial charge in [-0.15, -0.1) is 0 Å². The highest BCUT2D eigenvalue weighted by atomic mass is 35.5. The molecule has 0 amide bonds. The molecule has 17 heteroatoms. The molecule has 2 aromatic carbocycles. The minimum absolute atomic E-state index is 0.108. The molecule has 2 atom stereocenters. The Morgan fingerprint density at radius 1 is 1.10 bits per heavy atom. The van der Waals surface area contributed by atoms with Crippen LogP contribution in [0.1, 0.15) is 12.0 Å². The largest absolute Gasteiger partial charge is 0.390 e. The quantitative estimate of drug-likeness (QED) is 0.130. The van der Waals surface area contributed by atoms with E-state index in [9.17, 15) is 40.4 Å². The lowest BCUT2D eigenvalue weighted by atomic mass is 10.1. The Kier molecular flexibility index (Phi) is 10.3. The highest BCUT2D eigenvalue weighted by Gasteiger charge is 2.33. The molecule has 1 saturated heterocycles. The summed E-state index contributed by atoms with van der Waals surface area (Å²) in [6, 6.07) is 4.39. The lowest BCUT2D eigenvalue weighted by Gasteiger charge is -2.38. The molecule has 1 aliphatic heterocycles. The standard InChI is InChI=1S/C23H27ClF5N5O5S/c24-15-2-4-17(19(11-15)33-9-7-32(8-10-33)6-5-23(27,28)29)34(40(37,38)39)18-3-1-14(20(25)21(18)26)12-31-16(13-35)22(30)36/h1-4,11,13,16,22,31,36H,5-10,12,30H2,(H,37,38,39). The topological polar surface area (TPSA) is 139 Å². The Morgan fingerprint density at radius 2 is 1.73 bits per heavy atom. The van der Waals surface area contributed by atoms with Crippen molar-refractivity contribution in [1.82, 2.24) is 10.2 Å². The number of anilines is 3. The zero-order valence-electron chi connectivity index (χ0n) is 20.8. The van der Waals surface area contributed by atoms with Crippen LogP contribution in [0.2, 0.25) is 5.02 Å². The van der Waals surface area contributed by atoms with E-state index in [0.717, 1.165) is 12.1 Å². The number of nitrogens with zero attached hydrogens (tertiary/aromatic N) is 3. The summed E-state index contributed by atoms with van der Waals surface area (Å²) in [5.41, 5.74) is 3.83. The van der Waals surface area contributed by atoms with Crippen LogP contribution < -0.4 is 20.3 Å². The number of carbonyl (C=O) groups is 1. The van der Waals surface area contributed by atoms with Crippen molar-refractivity contribution in [2.24, 2.45) is 5.73 Å². The fraction of sp³-hybridized carbons (Fsp3) is 0.435. The van der Waals surface area contributed by atoms with Gasteiger partial charge in [0.05, 0.1) is 23.5 Å². The number of piperazine rings is 1. The number of carbonyl (C=O) groups excluding carboxylic acids is 1. The maximum Gasteiger partial charge on any atom is 0.390 e. The van der Waals surface area contributed by atoms with Crippen molar-refractivity contribution >= 4 is 45.3 Å². The number of nitrogens with two attached hydrogens (primary N) is 1. The highest BCUT2D eigenvalue weighted by molar-refractivity contribution is 7.87. The number of aldehydes is 1. The van der Waals surface area contributed by atoms with Crippen LogP contribution in [-0.2, 0) is 21.6 Å². The third kappa shape index (κ3) is 7.99. The molecular weight excluding hydrogens is 589 g/mol. The fourth-order valence-corrected chi connectivity index (χ4v) is 5.11. The minimum atomic E-state index is -5.26. The van der Waals surface area contributed by atoms with Gasteiger partial charge in [0, 0.05) is 49.9 Å². The Morgan fingerprint density at radius 3 is 2.27 bits per heavy atom. The van der Waals surface area contributed by atoms with E-state index in [0.29, 0.717) is 0 Å². The van der Waals surface area contributed by atoms with E-state index >= 15 is 4.39 Å². The summed E-state index contributed by atoms with van der Waals surface area (Å²) in [6.45, 7) is 0.00126. The van der Waals surface area contributed by atoms with Crippen molar-refractivity contribution in [2.45, 2.75) is 31.4 Å². The van der Waals surface area contributed by atoms with Crippen LogP contribution in [0.5, 0.6) is 0 Å². The number of hydrogen-bond acceptors (Lipinski definition) is 8. The van der Waals surface area contributed by atoms with E-state index in [2.05, 4.69) is 5.32 Å². The van der Waals surface area contributed by atoms with Crippen LogP contribution in [0.4, 0.5) is 39.0 Å². The van der Waals surface area contributed by atoms with Gasteiger partial charge in [0.2, 0.25) is 0 Å². The average molecular weight is 616 g/mol. The maximum absolute atomic E-state index is 15.3. The Hall–Kier alpha value is -2.60. The number of alkyl halides is 3. The molecule has 0 spiro atoms. The van der Waals surface area contributed by atoms with Gasteiger partial charge < -0.3 is 25.9 Å². The predicted octanol–water partition coefficient (Wildman–Crippen LogP) is 2.57. The lowest BCUT2D eigenvalue weighted by Crippen LogP contribution is -2.47. The van der Waals surface area contributed by atoms with Gasteiger partial charge in [-0.05, 0) is 24.3 Å². The minimum Gasteiger partial charge on any atom is -0.377 e. The van der Waals surface area contributed by atoms with E-state index in [-0.39, 0.29) is 65.3 Å². The van der Waals surface area contributed by atoms with Crippen LogP contribution in [0.3, 0.4) is 0 Å². The first-order valence-electron chi connectivity index (χ1n) is 11.8. The molecule has 1 heterocycles. The summed E-state index contributed by atoms with van der Waals surface area (Å²) in [7, 11) is -5.26. The normalized spacial score (nSPS) is 16.6. The van der Waals surface area contributed by atoms with E-state index < -0.39 is 59.0 Å². The van der Waals surface area contributed by atoms with E-state index in [1.165, 1.54) is 18.2 Å². The average Bonchev–Trinajstić information content (AvgIpc) is 2.86. The number of nitrogens with one attached hydrogen (secondary N) is 1. The molecular formula is C23H27ClF5N5O5S. The Labute approximate surface area is 232 Å². The SMILES string of the molecule is NC(O)C(C=O)NCc1ccc(N(c2ccc(Cl)cc2N2CCN(CCC(F)(F)F)CC2)S(=O)(=O)O)c(F)c1F. The molecule has 10 nitrogen and oxygen atoms in total. The summed E-state index contributed by atoms with van der Waals surface area (Å²) in [5, 5.41) is 11.9. The summed E-state index contributed by atoms with van der Waals surface area (Å²) in [4.78, 5) is 14.2. The zero-order chi connectivity index (χ0) is 29.8. The highest BCUT2D eigenvalue weighted by Crippen LogP contribution is 2.40. The number of aliphatic hydroxyl groups is 1. The summed E-state index contributed by atoms with van der Waals surface area (Å²) >= 11 is 6.12. The Bertz CT molecular complexity index is 1310. The molecule has 1 aliphatic rings. The van der Waals surface area contributed by atoms with Crippen molar-refractivity contribution in [1.29, 1.82) is 0 Å². The van der Waals surface area contributed by atoms with Crippen molar-refractivity contribution in [3.63, 3.8) is 0 Å². The summed E-state index contributed by atoms with van der Waals surface area (Å²) < 4.78 is 103. The van der Waals surface area contributed by atoms with Crippen molar-refractivity contribution in [3.05, 3.63) is 52.6 Å². The fourth-order valence-electron chi connectivity index (χ4n) is 4.15. The van der Waals surface area contributed by atoms with Gasteiger partial charge in [-0.1, -0.05) is 17.7 Å². The van der Waals surface area contributed by atoms with Crippen LogP contribution in [0, 0.1) is 11.6 Å². The van der Waals surface area contributed by atoms with Crippen LogP contribution in [-0.4, -0.2) is 80.4 Å². The summed E-state index contributed by atoms with van der Waals surface area (Å²) in [5.74, 6) is -3.14. The molecule has 0 aromatic heterocycles. The molecule has 2 aromatic rings. The molecule has 2 unspecified atom stereocenters. The molecule has 0 bridgehead atoms. The first-order chi connectivity index (χ1) is 18.6. The monoisotopic (exact) mass is 615 g/mol. The Balaban J connectivity index is 1.94. The number of hydrogen-bond donors (Lipinski definition) is 4. The van der Waals surface area contributed by atoms with Gasteiger partial charge in [0.25, 0.3) is 0 Å². The van der Waals surface area contributed by atoms with Gasteiger partial charge in [0.15, 0.2) is 11.6 Å². The van der Waals surface area contributed by atoms with Gasteiger partial charge in [0.1, 0.15) is 18.6 Å². The number of aliphatic hydroxyl groups excluding tert-OH is 1. The molecule has 0 saturated carbocycles. The number of rotatable bonds is 11.